The topological polar surface area (TPSA) is 0 Å². The van der Waals surface area contributed by atoms with Gasteiger partial charge in [-0.15, -0.1) is 0 Å². The molecule has 0 aromatic heterocycles. The molecule has 0 saturated carbocycles. The van der Waals surface area contributed by atoms with Gasteiger partial charge in [-0.25, -0.2) is 0 Å². The average molecular weight is 251 g/mol. The molecule has 0 aliphatic heterocycles. The van der Waals surface area contributed by atoms with Crippen molar-refractivity contribution >= 4 is 0 Å². The second kappa shape index (κ2) is 6.12. The van der Waals surface area contributed by atoms with Crippen LogP contribution in [0.4, 0.5) is 0 Å². The van der Waals surface area contributed by atoms with Crippen molar-refractivity contribution < 1.29 is 21.7 Å². The van der Waals surface area contributed by atoms with Crippen LogP contribution in [-0.4, -0.2) is 0 Å². The third-order valence-corrected chi connectivity index (χ3v) is 3.99. The molecule has 0 radical (unpaired) electrons. The SMILES string of the molecule is CCc1c2c([c-](CC)c1CC)CCCC2.[Ti+2]. The van der Waals surface area contributed by atoms with Gasteiger partial charge in [0, 0.05) is 0 Å². The van der Waals surface area contributed by atoms with Gasteiger partial charge in [0.2, 0.25) is 0 Å². The predicted octanol–water partition coefficient (Wildman–Crippen LogP) is 3.97. The minimum absolute atomic E-state index is 0. The molecule has 2 rings (SSSR count). The van der Waals surface area contributed by atoms with E-state index in [4.69, 9.17) is 0 Å². The number of hydrogen-bond donors (Lipinski definition) is 0. The van der Waals surface area contributed by atoms with Crippen molar-refractivity contribution in [2.24, 2.45) is 0 Å². The van der Waals surface area contributed by atoms with Crippen molar-refractivity contribution in [2.45, 2.75) is 65.7 Å². The maximum atomic E-state index is 2.32. The molecular weight excluding hydrogens is 228 g/mol. The van der Waals surface area contributed by atoms with Gasteiger partial charge < -0.3 is 0 Å². The smallest absolute Gasteiger partial charge is 0.192 e. The molecule has 0 bridgehead atoms. The molecular formula is C15H23Ti+. The van der Waals surface area contributed by atoms with Gasteiger partial charge in [0.15, 0.2) is 0 Å². The van der Waals surface area contributed by atoms with Gasteiger partial charge in [0.25, 0.3) is 0 Å². The van der Waals surface area contributed by atoms with Crippen LogP contribution in [-0.2, 0) is 53.8 Å². The summed E-state index contributed by atoms with van der Waals surface area (Å²) >= 11 is 0. The van der Waals surface area contributed by atoms with Crippen LogP contribution in [0.1, 0.15) is 61.4 Å². The van der Waals surface area contributed by atoms with E-state index in [0.717, 1.165) is 0 Å². The normalized spacial score (nSPS) is 14.4. The van der Waals surface area contributed by atoms with E-state index in [2.05, 4.69) is 20.8 Å². The fourth-order valence-electron chi connectivity index (χ4n) is 3.40. The molecule has 1 aromatic rings. The Morgan fingerprint density at radius 2 is 1.69 bits per heavy atom. The van der Waals surface area contributed by atoms with E-state index in [-0.39, 0.29) is 21.7 Å². The molecule has 1 aliphatic rings. The summed E-state index contributed by atoms with van der Waals surface area (Å²) in [5.41, 5.74) is 8.62. The second-order valence-corrected chi connectivity index (χ2v) is 4.66. The van der Waals surface area contributed by atoms with Gasteiger partial charge in [-0.2, -0.15) is 27.8 Å². The molecule has 0 unspecified atom stereocenters. The molecule has 1 aliphatic carbocycles. The first-order valence-electron chi connectivity index (χ1n) is 6.64. The summed E-state index contributed by atoms with van der Waals surface area (Å²) in [4.78, 5) is 0. The number of fused-ring (bicyclic) bond motifs is 1. The molecule has 0 heterocycles. The summed E-state index contributed by atoms with van der Waals surface area (Å²) in [6, 6.07) is 0. The van der Waals surface area contributed by atoms with Crippen LogP contribution in [0.5, 0.6) is 0 Å². The van der Waals surface area contributed by atoms with E-state index in [1.165, 1.54) is 44.9 Å². The molecule has 0 N–H and O–H groups in total. The Morgan fingerprint density at radius 3 is 2.25 bits per heavy atom. The van der Waals surface area contributed by atoms with E-state index in [0.29, 0.717) is 0 Å². The van der Waals surface area contributed by atoms with Crippen molar-refractivity contribution in [1.82, 2.24) is 0 Å². The Balaban J connectivity index is 0.00000128. The molecule has 16 heavy (non-hydrogen) atoms. The zero-order valence-corrected chi connectivity index (χ0v) is 12.5. The van der Waals surface area contributed by atoms with Crippen LogP contribution in [0, 0.1) is 0 Å². The number of rotatable bonds is 3. The Bertz CT molecular complexity index is 272. The molecule has 0 nitrogen and oxygen atoms in total. The molecule has 0 saturated heterocycles. The quantitative estimate of drug-likeness (QED) is 0.563. The van der Waals surface area contributed by atoms with Gasteiger partial charge in [-0.05, 0) is 0 Å². The van der Waals surface area contributed by atoms with E-state index >= 15 is 0 Å². The standard InChI is InChI=1S/C15H23.Ti/c1-4-11-12(5-2)14-9-7-8-10-15(14)13(11)6-3;/h4-10H2,1-3H3;/q-1;+2. The molecule has 0 fully saturated rings. The van der Waals surface area contributed by atoms with Crippen molar-refractivity contribution in [2.75, 3.05) is 0 Å². The maximum Gasteiger partial charge on any atom is 2.00 e. The van der Waals surface area contributed by atoms with Crippen LogP contribution in [0.3, 0.4) is 0 Å². The fourth-order valence-corrected chi connectivity index (χ4v) is 3.40. The Kier molecular flexibility index (Phi) is 5.40. The third kappa shape index (κ3) is 2.20. The van der Waals surface area contributed by atoms with Gasteiger partial charge in [0.05, 0.1) is 0 Å². The monoisotopic (exact) mass is 251 g/mol. The van der Waals surface area contributed by atoms with E-state index in [1.54, 1.807) is 27.8 Å². The van der Waals surface area contributed by atoms with E-state index < -0.39 is 0 Å². The van der Waals surface area contributed by atoms with Gasteiger partial charge >= 0.3 is 21.7 Å². The predicted molar refractivity (Wildman–Crippen MR) is 66.8 cm³/mol. The van der Waals surface area contributed by atoms with Crippen molar-refractivity contribution in [3.05, 3.63) is 27.8 Å². The summed E-state index contributed by atoms with van der Waals surface area (Å²) in [6.07, 6.45) is 9.25. The molecule has 0 amide bonds. The first-order chi connectivity index (χ1) is 7.33. The molecule has 0 atom stereocenters. The summed E-state index contributed by atoms with van der Waals surface area (Å²) in [5, 5.41) is 0. The molecule has 0 spiro atoms. The van der Waals surface area contributed by atoms with Gasteiger partial charge in [0.1, 0.15) is 0 Å². The summed E-state index contributed by atoms with van der Waals surface area (Å²) in [7, 11) is 0. The summed E-state index contributed by atoms with van der Waals surface area (Å²) in [5.74, 6) is 0. The van der Waals surface area contributed by atoms with Crippen molar-refractivity contribution in [1.29, 1.82) is 0 Å². The van der Waals surface area contributed by atoms with E-state index in [9.17, 15) is 0 Å². The molecule has 86 valence electrons. The largest absolute Gasteiger partial charge is 2.00 e. The first kappa shape index (κ1) is 14.1. The van der Waals surface area contributed by atoms with Crippen LogP contribution < -0.4 is 0 Å². The Labute approximate surface area is 115 Å². The van der Waals surface area contributed by atoms with E-state index in [1.807, 2.05) is 0 Å². The zero-order chi connectivity index (χ0) is 10.8. The fraction of sp³-hybridized carbons (Fsp3) is 0.667. The minimum Gasteiger partial charge on any atom is -0.192 e. The second-order valence-electron chi connectivity index (χ2n) is 4.66. The maximum absolute atomic E-state index is 2.32. The van der Waals surface area contributed by atoms with Gasteiger partial charge in [-0.1, -0.05) is 65.7 Å². The van der Waals surface area contributed by atoms with Crippen molar-refractivity contribution in [3.8, 4) is 0 Å². The summed E-state index contributed by atoms with van der Waals surface area (Å²) < 4.78 is 0. The zero-order valence-electron chi connectivity index (χ0n) is 10.9. The Hall–Kier alpha value is 0.0643. The number of hydrogen-bond acceptors (Lipinski definition) is 0. The molecule has 1 heteroatoms. The minimum atomic E-state index is 0. The van der Waals surface area contributed by atoms with Crippen LogP contribution in [0.25, 0.3) is 0 Å². The Morgan fingerprint density at radius 1 is 1.00 bits per heavy atom. The third-order valence-electron chi connectivity index (χ3n) is 3.99. The summed E-state index contributed by atoms with van der Waals surface area (Å²) in [6.45, 7) is 6.96. The van der Waals surface area contributed by atoms with Gasteiger partial charge in [-0.3, -0.25) is 0 Å². The van der Waals surface area contributed by atoms with Crippen LogP contribution >= 0.6 is 0 Å². The molecule has 1 aromatic carbocycles. The first-order valence-corrected chi connectivity index (χ1v) is 6.64. The van der Waals surface area contributed by atoms with Crippen molar-refractivity contribution in [3.63, 3.8) is 0 Å². The van der Waals surface area contributed by atoms with Crippen LogP contribution in [0.15, 0.2) is 0 Å². The average Bonchev–Trinajstić information content (AvgIpc) is 2.61. The van der Waals surface area contributed by atoms with Crippen LogP contribution in [0.2, 0.25) is 0 Å².